The van der Waals surface area contributed by atoms with E-state index in [1.54, 1.807) is 18.2 Å². The van der Waals surface area contributed by atoms with E-state index in [1.807, 2.05) is 30.9 Å². The number of aromatic nitrogens is 1. The van der Waals surface area contributed by atoms with Crippen molar-refractivity contribution in [1.82, 2.24) is 5.16 Å². The highest BCUT2D eigenvalue weighted by Crippen LogP contribution is 2.29. The molecule has 2 atom stereocenters. The third-order valence-corrected chi connectivity index (χ3v) is 5.87. The molecule has 1 amide bonds. The lowest BCUT2D eigenvalue weighted by Gasteiger charge is -2.41. The molecule has 2 aromatic rings. The van der Waals surface area contributed by atoms with Gasteiger partial charge in [-0.1, -0.05) is 19.0 Å². The summed E-state index contributed by atoms with van der Waals surface area (Å²) in [4.78, 5) is 14.8. The third kappa shape index (κ3) is 4.89. The summed E-state index contributed by atoms with van der Waals surface area (Å²) in [5.74, 6) is 0.191. The van der Waals surface area contributed by atoms with Crippen molar-refractivity contribution in [3.8, 4) is 6.07 Å². The second kappa shape index (κ2) is 9.08. The van der Waals surface area contributed by atoms with Crippen LogP contribution < -0.4 is 10.2 Å². The molecule has 2 unspecified atom stereocenters. The van der Waals surface area contributed by atoms with E-state index in [1.165, 1.54) is 0 Å². The number of ether oxygens (including phenoxy) is 2. The fraction of sp³-hybridized carbons (Fsp3) is 0.522. The predicted molar refractivity (Wildman–Crippen MR) is 115 cm³/mol. The van der Waals surface area contributed by atoms with Crippen molar-refractivity contribution in [3.63, 3.8) is 0 Å². The Morgan fingerprint density at radius 2 is 2.13 bits per heavy atom. The van der Waals surface area contributed by atoms with Gasteiger partial charge in [0.05, 0.1) is 23.9 Å². The Morgan fingerprint density at radius 3 is 2.77 bits per heavy atom. The molecule has 164 valence electrons. The zero-order chi connectivity index (χ0) is 21.8. The number of nitrogens with one attached hydrogen (secondary N) is 1. The Hall–Kier alpha value is -2.89. The van der Waals surface area contributed by atoms with E-state index < -0.39 is 0 Å². The van der Waals surface area contributed by atoms with Crippen LogP contribution in [0.3, 0.4) is 0 Å². The van der Waals surface area contributed by atoms with Crippen molar-refractivity contribution in [2.24, 2.45) is 0 Å². The number of benzene rings is 1. The van der Waals surface area contributed by atoms with Gasteiger partial charge in [-0.05, 0) is 49.9 Å². The molecule has 8 heteroatoms. The van der Waals surface area contributed by atoms with Gasteiger partial charge in [0.15, 0.2) is 6.29 Å². The first-order valence-corrected chi connectivity index (χ1v) is 10.7. The Balaban J connectivity index is 1.33. The van der Waals surface area contributed by atoms with Gasteiger partial charge in [0.1, 0.15) is 6.04 Å². The van der Waals surface area contributed by atoms with E-state index in [0.717, 1.165) is 50.2 Å². The summed E-state index contributed by atoms with van der Waals surface area (Å²) in [7, 11) is 0. The molecule has 1 aromatic heterocycles. The van der Waals surface area contributed by atoms with Gasteiger partial charge in [0.25, 0.3) is 0 Å². The minimum Gasteiger partial charge on any atom is -0.359 e. The van der Waals surface area contributed by atoms with Crippen LogP contribution in [0.15, 0.2) is 34.9 Å². The highest BCUT2D eigenvalue weighted by molar-refractivity contribution is 5.97. The van der Waals surface area contributed by atoms with Crippen molar-refractivity contribution in [2.75, 3.05) is 30.0 Å². The van der Waals surface area contributed by atoms with Gasteiger partial charge in [-0.25, -0.2) is 0 Å². The molecule has 2 fully saturated rings. The van der Waals surface area contributed by atoms with Gasteiger partial charge in [0.2, 0.25) is 11.8 Å². The summed E-state index contributed by atoms with van der Waals surface area (Å²) in [5, 5.41) is 15.9. The average Bonchev–Trinajstić information content (AvgIpc) is 3.22. The minimum absolute atomic E-state index is 0.136. The van der Waals surface area contributed by atoms with E-state index in [0.29, 0.717) is 18.1 Å². The zero-order valence-electron chi connectivity index (χ0n) is 18.0. The molecule has 2 aliphatic rings. The molecule has 0 spiro atoms. The van der Waals surface area contributed by atoms with Gasteiger partial charge in [0, 0.05) is 30.3 Å². The highest BCUT2D eigenvalue weighted by atomic mass is 16.7. The van der Waals surface area contributed by atoms with Crippen molar-refractivity contribution in [3.05, 3.63) is 41.6 Å². The van der Waals surface area contributed by atoms with E-state index in [4.69, 9.17) is 19.3 Å². The molecule has 2 aliphatic heterocycles. The van der Waals surface area contributed by atoms with Crippen LogP contribution in [0.5, 0.6) is 0 Å². The number of anilines is 2. The molecule has 4 rings (SSSR count). The Labute approximate surface area is 182 Å². The van der Waals surface area contributed by atoms with Crippen LogP contribution in [0.25, 0.3) is 0 Å². The number of carbonyl (C=O) groups is 1. The molecule has 1 aromatic carbocycles. The predicted octanol–water partition coefficient (Wildman–Crippen LogP) is 3.58. The third-order valence-electron chi connectivity index (χ3n) is 5.87. The topological polar surface area (TPSA) is 101 Å². The van der Waals surface area contributed by atoms with Gasteiger partial charge >= 0.3 is 0 Å². The standard InChI is InChI=1S/C23H28N4O4/c1-23(2,15-30-21-5-3-4-12-29-21)19-13-20(31-26-19)25-22(28)18-10-11-27(18)17-8-6-16(14-24)7-9-17/h6-9,13,18,21H,3-5,10-12,15H2,1-2H3,(H,25,28). The molecule has 31 heavy (non-hydrogen) atoms. The van der Waals surface area contributed by atoms with Crippen LogP contribution in [0.2, 0.25) is 0 Å². The number of nitriles is 1. The molecule has 0 saturated carbocycles. The Bertz CT molecular complexity index is 941. The first-order chi connectivity index (χ1) is 15.0. The maximum absolute atomic E-state index is 12.8. The lowest BCUT2D eigenvalue weighted by Crippen LogP contribution is -2.54. The molecule has 0 bridgehead atoms. The Morgan fingerprint density at radius 1 is 1.32 bits per heavy atom. The number of rotatable bonds is 7. The summed E-state index contributed by atoms with van der Waals surface area (Å²) in [6.07, 6.45) is 3.71. The van der Waals surface area contributed by atoms with E-state index in [2.05, 4.69) is 16.5 Å². The molecular formula is C23H28N4O4. The van der Waals surface area contributed by atoms with Crippen LogP contribution in [-0.4, -0.2) is 43.2 Å². The number of amides is 1. The normalized spacial score (nSPS) is 21.3. The van der Waals surface area contributed by atoms with Gasteiger partial charge in [-0.3, -0.25) is 10.1 Å². The SMILES string of the molecule is CC(C)(COC1CCCCO1)c1cc(NC(=O)C2CCN2c2ccc(C#N)cc2)on1. The fourth-order valence-electron chi connectivity index (χ4n) is 3.77. The van der Waals surface area contributed by atoms with Crippen LogP contribution in [-0.2, 0) is 19.7 Å². The minimum atomic E-state index is -0.377. The fourth-order valence-corrected chi connectivity index (χ4v) is 3.77. The van der Waals surface area contributed by atoms with Crippen molar-refractivity contribution in [1.29, 1.82) is 5.26 Å². The Kier molecular flexibility index (Phi) is 6.25. The second-order valence-corrected chi connectivity index (χ2v) is 8.71. The lowest BCUT2D eigenvalue weighted by atomic mass is 9.90. The maximum atomic E-state index is 12.8. The van der Waals surface area contributed by atoms with Crippen molar-refractivity contribution >= 4 is 17.5 Å². The van der Waals surface area contributed by atoms with Crippen LogP contribution >= 0.6 is 0 Å². The highest BCUT2D eigenvalue weighted by Gasteiger charge is 2.35. The maximum Gasteiger partial charge on any atom is 0.249 e. The summed E-state index contributed by atoms with van der Waals surface area (Å²) < 4.78 is 16.9. The van der Waals surface area contributed by atoms with Gasteiger partial charge < -0.3 is 18.9 Å². The van der Waals surface area contributed by atoms with Gasteiger partial charge in [-0.15, -0.1) is 0 Å². The summed E-state index contributed by atoms with van der Waals surface area (Å²) >= 11 is 0. The summed E-state index contributed by atoms with van der Waals surface area (Å²) in [6, 6.07) is 10.8. The van der Waals surface area contributed by atoms with Crippen LogP contribution in [0.1, 0.15) is 50.8 Å². The lowest BCUT2D eigenvalue weighted by molar-refractivity contribution is -0.170. The molecule has 0 aliphatic carbocycles. The average molecular weight is 425 g/mol. The van der Waals surface area contributed by atoms with Crippen molar-refractivity contribution in [2.45, 2.75) is 57.3 Å². The quantitative estimate of drug-likeness (QED) is 0.725. The zero-order valence-corrected chi connectivity index (χ0v) is 18.0. The molecule has 3 heterocycles. The van der Waals surface area contributed by atoms with Crippen molar-refractivity contribution < 1.29 is 18.8 Å². The molecular weight excluding hydrogens is 396 g/mol. The molecule has 8 nitrogen and oxygen atoms in total. The monoisotopic (exact) mass is 424 g/mol. The number of hydrogen-bond donors (Lipinski definition) is 1. The van der Waals surface area contributed by atoms with Gasteiger partial charge in [-0.2, -0.15) is 5.26 Å². The first kappa shape index (κ1) is 21.3. The van der Waals surface area contributed by atoms with E-state index in [-0.39, 0.29) is 23.7 Å². The molecule has 0 radical (unpaired) electrons. The number of carbonyl (C=O) groups excluding carboxylic acids is 1. The summed E-state index contributed by atoms with van der Waals surface area (Å²) in [6.45, 7) is 6.04. The second-order valence-electron chi connectivity index (χ2n) is 8.71. The summed E-state index contributed by atoms with van der Waals surface area (Å²) in [5.41, 5.74) is 1.86. The first-order valence-electron chi connectivity index (χ1n) is 10.7. The number of nitrogens with zero attached hydrogens (tertiary/aromatic N) is 3. The van der Waals surface area contributed by atoms with Crippen LogP contribution in [0, 0.1) is 11.3 Å². The smallest absolute Gasteiger partial charge is 0.249 e. The molecule has 2 saturated heterocycles. The largest absolute Gasteiger partial charge is 0.359 e. The van der Waals surface area contributed by atoms with E-state index in [9.17, 15) is 4.79 Å². The van der Waals surface area contributed by atoms with E-state index >= 15 is 0 Å². The number of hydrogen-bond acceptors (Lipinski definition) is 7. The molecule has 1 N–H and O–H groups in total. The van der Waals surface area contributed by atoms with Crippen LogP contribution in [0.4, 0.5) is 11.6 Å².